The van der Waals surface area contributed by atoms with Crippen molar-refractivity contribution in [1.29, 1.82) is 0 Å². The van der Waals surface area contributed by atoms with E-state index >= 15 is 0 Å². The Hall–Kier alpha value is -2.47. The maximum Gasteiger partial charge on any atom is 0.328 e. The lowest BCUT2D eigenvalue weighted by molar-refractivity contribution is -0.144. The first-order valence-electron chi connectivity index (χ1n) is 7.48. The average molecular weight is 344 g/mol. The monoisotopic (exact) mass is 344 g/mol. The Balaban J connectivity index is 1.94. The summed E-state index contributed by atoms with van der Waals surface area (Å²) in [5.41, 5.74) is 7.43. The quantitative estimate of drug-likeness (QED) is 0.457. The van der Waals surface area contributed by atoms with Gasteiger partial charge in [-0.3, -0.25) is 4.79 Å². The average Bonchev–Trinajstić information content (AvgIpc) is 2.60. The van der Waals surface area contributed by atoms with Crippen LogP contribution < -0.4 is 11.1 Å². The molecule has 5 nitrogen and oxygen atoms in total. The van der Waals surface area contributed by atoms with Crippen LogP contribution in [0.3, 0.4) is 0 Å². The highest BCUT2D eigenvalue weighted by atomic mass is 32.2. The summed E-state index contributed by atoms with van der Waals surface area (Å²) < 4.78 is 4.79. The maximum atomic E-state index is 12.2. The van der Waals surface area contributed by atoms with E-state index in [2.05, 4.69) is 5.32 Å². The van der Waals surface area contributed by atoms with Crippen molar-refractivity contribution in [1.82, 2.24) is 5.32 Å². The molecule has 0 aromatic heterocycles. The van der Waals surface area contributed by atoms with E-state index in [0.29, 0.717) is 12.1 Å². The van der Waals surface area contributed by atoms with Gasteiger partial charge in [0.25, 0.3) is 0 Å². The van der Waals surface area contributed by atoms with Crippen LogP contribution in [0.2, 0.25) is 0 Å². The van der Waals surface area contributed by atoms with Crippen molar-refractivity contribution < 1.29 is 14.3 Å². The zero-order valence-electron chi connectivity index (χ0n) is 13.4. The third-order valence-corrected chi connectivity index (χ3v) is 4.47. The summed E-state index contributed by atoms with van der Waals surface area (Å²) in [6, 6.07) is 16.1. The Labute approximate surface area is 145 Å². The van der Waals surface area contributed by atoms with E-state index in [-0.39, 0.29) is 11.7 Å². The Morgan fingerprint density at radius 3 is 2.46 bits per heavy atom. The molecule has 0 aliphatic carbocycles. The molecule has 6 heteroatoms. The van der Waals surface area contributed by atoms with Crippen LogP contribution in [0.4, 0.5) is 5.69 Å². The summed E-state index contributed by atoms with van der Waals surface area (Å²) in [6.45, 7) is 0. The van der Waals surface area contributed by atoms with Gasteiger partial charge in [-0.25, -0.2) is 4.79 Å². The number of benzene rings is 2. The number of rotatable bonds is 7. The molecular weight excluding hydrogens is 324 g/mol. The van der Waals surface area contributed by atoms with E-state index in [1.165, 1.54) is 18.9 Å². The molecule has 2 aromatic carbocycles. The minimum absolute atomic E-state index is 0.177. The molecule has 0 fully saturated rings. The number of carbonyl (C=O) groups excluding carboxylic acids is 2. The molecule has 1 unspecified atom stereocenters. The lowest BCUT2D eigenvalue weighted by Crippen LogP contribution is -2.43. The number of hydrogen-bond donors (Lipinski definition) is 2. The Morgan fingerprint density at radius 2 is 1.79 bits per heavy atom. The number of methoxy groups -OCH3 is 1. The number of nitrogen functional groups attached to an aromatic ring is 1. The number of anilines is 1. The summed E-state index contributed by atoms with van der Waals surface area (Å²) in [5, 5.41) is 2.73. The smallest absolute Gasteiger partial charge is 0.328 e. The summed E-state index contributed by atoms with van der Waals surface area (Å²) in [4.78, 5) is 24.9. The minimum Gasteiger partial charge on any atom is -0.467 e. The molecule has 1 amide bonds. The van der Waals surface area contributed by atoms with Gasteiger partial charge in [-0.05, 0) is 17.7 Å². The largest absolute Gasteiger partial charge is 0.467 e. The third-order valence-electron chi connectivity index (χ3n) is 3.38. The zero-order chi connectivity index (χ0) is 17.4. The van der Waals surface area contributed by atoms with Crippen molar-refractivity contribution in [2.75, 3.05) is 18.6 Å². The molecule has 3 N–H and O–H groups in total. The van der Waals surface area contributed by atoms with E-state index < -0.39 is 12.0 Å². The highest BCUT2D eigenvalue weighted by Crippen LogP contribution is 2.23. The maximum absolute atomic E-state index is 12.2. The van der Waals surface area contributed by atoms with Crippen LogP contribution in [0.5, 0.6) is 0 Å². The number of hydrogen-bond acceptors (Lipinski definition) is 5. The van der Waals surface area contributed by atoms with Crippen LogP contribution in [-0.4, -0.2) is 30.8 Å². The van der Waals surface area contributed by atoms with Crippen LogP contribution in [0.15, 0.2) is 59.5 Å². The van der Waals surface area contributed by atoms with Crippen molar-refractivity contribution in [3.05, 3.63) is 60.2 Å². The zero-order valence-corrected chi connectivity index (χ0v) is 14.2. The summed E-state index contributed by atoms with van der Waals surface area (Å²) >= 11 is 1.33. The topological polar surface area (TPSA) is 81.4 Å². The van der Waals surface area contributed by atoms with Crippen LogP contribution in [-0.2, 0) is 20.7 Å². The van der Waals surface area contributed by atoms with Crippen molar-refractivity contribution in [2.24, 2.45) is 0 Å². The SMILES string of the molecule is COC(=O)C(Cc1ccccc1)NC(=O)CSc1ccccc1N. The first-order valence-corrected chi connectivity index (χ1v) is 8.47. The summed E-state index contributed by atoms with van der Waals surface area (Å²) in [6.07, 6.45) is 0.386. The van der Waals surface area contributed by atoms with Crippen molar-refractivity contribution in [3.8, 4) is 0 Å². The van der Waals surface area contributed by atoms with E-state index in [9.17, 15) is 9.59 Å². The van der Waals surface area contributed by atoms with Crippen molar-refractivity contribution >= 4 is 29.3 Å². The van der Waals surface area contributed by atoms with Gasteiger partial charge in [-0.15, -0.1) is 11.8 Å². The van der Waals surface area contributed by atoms with E-state index in [0.717, 1.165) is 10.5 Å². The van der Waals surface area contributed by atoms with Crippen molar-refractivity contribution in [3.63, 3.8) is 0 Å². The predicted octanol–water partition coefficient (Wildman–Crippen LogP) is 2.26. The van der Waals surface area contributed by atoms with E-state index in [1.54, 1.807) is 6.07 Å². The molecule has 2 aromatic rings. The number of esters is 1. The molecular formula is C18H20N2O3S. The summed E-state index contributed by atoms with van der Waals surface area (Å²) in [5.74, 6) is -0.526. The molecule has 24 heavy (non-hydrogen) atoms. The number of nitrogens with one attached hydrogen (secondary N) is 1. The molecule has 0 bridgehead atoms. The van der Waals surface area contributed by atoms with Gasteiger partial charge in [0.1, 0.15) is 6.04 Å². The number of thioether (sulfide) groups is 1. The second-order valence-corrected chi connectivity index (χ2v) is 6.18. The number of carbonyl (C=O) groups is 2. The van der Waals surface area contributed by atoms with Gasteiger partial charge in [0.05, 0.1) is 12.9 Å². The van der Waals surface area contributed by atoms with E-state index in [1.807, 2.05) is 48.5 Å². The highest BCUT2D eigenvalue weighted by molar-refractivity contribution is 8.00. The first kappa shape index (κ1) is 17.9. The molecule has 0 aliphatic rings. The van der Waals surface area contributed by atoms with Gasteiger partial charge in [0.15, 0.2) is 0 Å². The number of amides is 1. The Morgan fingerprint density at radius 1 is 1.12 bits per heavy atom. The fourth-order valence-electron chi connectivity index (χ4n) is 2.18. The van der Waals surface area contributed by atoms with Crippen LogP contribution >= 0.6 is 11.8 Å². The molecule has 2 rings (SSSR count). The second kappa shape index (κ2) is 8.98. The molecule has 0 heterocycles. The van der Waals surface area contributed by atoms with Gasteiger partial charge in [-0.2, -0.15) is 0 Å². The molecule has 1 atom stereocenters. The number of para-hydroxylation sites is 1. The second-order valence-electron chi connectivity index (χ2n) is 5.16. The Kier molecular flexibility index (Phi) is 6.69. The lowest BCUT2D eigenvalue weighted by atomic mass is 10.1. The highest BCUT2D eigenvalue weighted by Gasteiger charge is 2.22. The van der Waals surface area contributed by atoms with Gasteiger partial charge in [0.2, 0.25) is 5.91 Å². The Bertz CT molecular complexity index is 692. The van der Waals surface area contributed by atoms with Crippen LogP contribution in [0.1, 0.15) is 5.56 Å². The number of nitrogens with two attached hydrogens (primary N) is 1. The third kappa shape index (κ3) is 5.31. The fraction of sp³-hybridized carbons (Fsp3) is 0.222. The van der Waals surface area contributed by atoms with Gasteiger partial charge >= 0.3 is 5.97 Å². The standard InChI is InChI=1S/C18H20N2O3S/c1-23-18(22)15(11-13-7-3-2-4-8-13)20-17(21)12-24-16-10-6-5-9-14(16)19/h2-10,15H,11-12,19H2,1H3,(H,20,21). The minimum atomic E-state index is -0.710. The van der Waals surface area contributed by atoms with Gasteiger partial charge in [-0.1, -0.05) is 42.5 Å². The molecule has 0 saturated heterocycles. The molecule has 0 radical (unpaired) electrons. The molecule has 0 aliphatic heterocycles. The van der Waals surface area contributed by atoms with Crippen LogP contribution in [0.25, 0.3) is 0 Å². The predicted molar refractivity (Wildman–Crippen MR) is 95.7 cm³/mol. The van der Waals surface area contributed by atoms with Crippen LogP contribution in [0, 0.1) is 0 Å². The van der Waals surface area contributed by atoms with Gasteiger partial charge < -0.3 is 15.8 Å². The normalized spacial score (nSPS) is 11.5. The van der Waals surface area contributed by atoms with Gasteiger partial charge in [0, 0.05) is 17.0 Å². The lowest BCUT2D eigenvalue weighted by Gasteiger charge is -2.16. The summed E-state index contributed by atoms with van der Waals surface area (Å²) in [7, 11) is 1.31. The molecule has 0 spiro atoms. The van der Waals surface area contributed by atoms with Crippen molar-refractivity contribution in [2.45, 2.75) is 17.4 Å². The fourth-order valence-corrected chi connectivity index (χ4v) is 2.96. The molecule has 0 saturated carbocycles. The first-order chi connectivity index (χ1) is 11.6. The van der Waals surface area contributed by atoms with E-state index in [4.69, 9.17) is 10.5 Å². The number of ether oxygens (including phenoxy) is 1. The molecule has 126 valence electrons.